The molecule has 0 aromatic heterocycles. The fourth-order valence-electron chi connectivity index (χ4n) is 2.33. The number of benzene rings is 2. The van der Waals surface area contributed by atoms with Crippen molar-refractivity contribution in [1.82, 2.24) is 0 Å². The maximum Gasteiger partial charge on any atom is 0.417 e. The number of carbonyl (C=O) groups is 1. The summed E-state index contributed by atoms with van der Waals surface area (Å²) in [5.74, 6) is -1.16. The number of rotatable bonds is 7. The summed E-state index contributed by atoms with van der Waals surface area (Å²) >= 11 is 5.55. The summed E-state index contributed by atoms with van der Waals surface area (Å²) in [4.78, 5) is 10.9. The second-order valence-corrected chi connectivity index (χ2v) is 7.74. The lowest BCUT2D eigenvalue weighted by Crippen LogP contribution is -2.36. The Morgan fingerprint density at radius 3 is 2.29 bits per heavy atom. The van der Waals surface area contributed by atoms with Crippen LogP contribution in [-0.2, 0) is 21.0 Å². The molecule has 0 unspecified atom stereocenters. The van der Waals surface area contributed by atoms with Crippen LogP contribution in [0.25, 0.3) is 0 Å². The predicted octanol–water partition coefficient (Wildman–Crippen LogP) is 4.04. The Bertz CT molecular complexity index is 962. The van der Waals surface area contributed by atoms with E-state index in [0.717, 1.165) is 12.1 Å². The van der Waals surface area contributed by atoms with Gasteiger partial charge in [0.15, 0.2) is 0 Å². The number of aliphatic carboxylic acids is 1. The minimum atomic E-state index is -4.84. The second kappa shape index (κ2) is 8.27. The molecule has 2 rings (SSSR count). The highest BCUT2D eigenvalue weighted by Crippen LogP contribution is 2.38. The molecule has 0 aliphatic rings. The van der Waals surface area contributed by atoms with Gasteiger partial charge < -0.3 is 9.84 Å². The van der Waals surface area contributed by atoms with E-state index < -0.39 is 45.0 Å². The van der Waals surface area contributed by atoms with Crippen LogP contribution in [0.3, 0.4) is 0 Å². The van der Waals surface area contributed by atoms with E-state index in [-0.39, 0.29) is 4.90 Å². The molecule has 2 aromatic rings. The molecule has 11 heteroatoms. The van der Waals surface area contributed by atoms with Crippen molar-refractivity contribution in [2.24, 2.45) is 0 Å². The fourth-order valence-corrected chi connectivity index (χ4v) is 3.96. The zero-order valence-electron chi connectivity index (χ0n) is 14.4. The lowest BCUT2D eigenvalue weighted by Gasteiger charge is -2.24. The van der Waals surface area contributed by atoms with Crippen LogP contribution in [0.2, 0.25) is 5.02 Å². The Kier molecular flexibility index (Phi) is 6.45. The van der Waals surface area contributed by atoms with Gasteiger partial charge in [0, 0.05) is 0 Å². The van der Waals surface area contributed by atoms with Crippen molar-refractivity contribution >= 4 is 33.3 Å². The molecule has 0 amide bonds. The van der Waals surface area contributed by atoms with Crippen LogP contribution in [0.15, 0.2) is 47.4 Å². The number of halogens is 4. The van der Waals surface area contributed by atoms with Crippen molar-refractivity contribution in [3.63, 3.8) is 0 Å². The third kappa shape index (κ3) is 4.87. The van der Waals surface area contributed by atoms with Crippen LogP contribution >= 0.6 is 11.6 Å². The number of carboxylic acid groups (broad SMARTS) is 1. The molecule has 0 heterocycles. The quantitative estimate of drug-likeness (QED) is 0.706. The van der Waals surface area contributed by atoms with Crippen molar-refractivity contribution in [3.8, 4) is 5.75 Å². The predicted molar refractivity (Wildman–Crippen MR) is 96.2 cm³/mol. The molecule has 0 atom stereocenters. The van der Waals surface area contributed by atoms with E-state index in [1.165, 1.54) is 24.3 Å². The van der Waals surface area contributed by atoms with Crippen LogP contribution < -0.4 is 9.04 Å². The van der Waals surface area contributed by atoms with Gasteiger partial charge in [-0.05, 0) is 49.4 Å². The number of anilines is 1. The van der Waals surface area contributed by atoms with Gasteiger partial charge in [-0.15, -0.1) is 0 Å². The molecular formula is C17H15ClF3NO5S. The van der Waals surface area contributed by atoms with Crippen LogP contribution in [0.4, 0.5) is 18.9 Å². The molecule has 0 aliphatic carbocycles. The van der Waals surface area contributed by atoms with Gasteiger partial charge in [-0.25, -0.2) is 8.42 Å². The lowest BCUT2D eigenvalue weighted by molar-refractivity contribution is -0.137. The van der Waals surface area contributed by atoms with E-state index in [0.29, 0.717) is 22.7 Å². The zero-order chi connectivity index (χ0) is 21.1. The molecule has 0 saturated carbocycles. The van der Waals surface area contributed by atoms with Crippen molar-refractivity contribution in [1.29, 1.82) is 0 Å². The van der Waals surface area contributed by atoms with Crippen LogP contribution in [0.5, 0.6) is 5.75 Å². The summed E-state index contributed by atoms with van der Waals surface area (Å²) in [6.45, 7) is 1.01. The molecule has 6 nitrogen and oxygen atoms in total. The SMILES string of the molecule is CCOc1ccc(S(=O)(=O)N(CC(=O)O)c2ccc(Cl)c(C(F)(F)F)c2)cc1. The van der Waals surface area contributed by atoms with E-state index in [9.17, 15) is 26.4 Å². The minimum absolute atomic E-state index is 0.305. The smallest absolute Gasteiger partial charge is 0.417 e. The Morgan fingerprint density at radius 1 is 1.18 bits per heavy atom. The van der Waals surface area contributed by atoms with E-state index in [1.54, 1.807) is 6.92 Å². The normalized spacial score (nSPS) is 11.9. The first-order valence-electron chi connectivity index (χ1n) is 7.81. The number of carboxylic acids is 1. The molecule has 0 radical (unpaired) electrons. The summed E-state index contributed by atoms with van der Waals surface area (Å²) in [6.07, 6.45) is -4.84. The van der Waals surface area contributed by atoms with Gasteiger partial charge in [-0.2, -0.15) is 13.2 Å². The van der Waals surface area contributed by atoms with Gasteiger partial charge >= 0.3 is 12.1 Å². The molecule has 0 spiro atoms. The number of alkyl halides is 3. The number of nitrogens with zero attached hydrogens (tertiary/aromatic N) is 1. The van der Waals surface area contributed by atoms with Crippen molar-refractivity contribution in [2.45, 2.75) is 18.0 Å². The molecule has 0 fully saturated rings. The summed E-state index contributed by atoms with van der Waals surface area (Å²) in [5.41, 5.74) is -1.75. The average molecular weight is 438 g/mol. The highest BCUT2D eigenvalue weighted by Gasteiger charge is 2.35. The maximum absolute atomic E-state index is 13.1. The van der Waals surface area contributed by atoms with Gasteiger partial charge in [0.2, 0.25) is 0 Å². The third-order valence-corrected chi connectivity index (χ3v) is 5.66. The van der Waals surface area contributed by atoms with Gasteiger partial charge in [0.25, 0.3) is 10.0 Å². The van der Waals surface area contributed by atoms with Gasteiger partial charge in [0.05, 0.1) is 27.8 Å². The highest BCUT2D eigenvalue weighted by molar-refractivity contribution is 7.92. The summed E-state index contributed by atoms with van der Waals surface area (Å²) in [5, 5.41) is 8.44. The molecule has 0 saturated heterocycles. The lowest BCUT2D eigenvalue weighted by atomic mass is 10.2. The number of hydrogen-bond donors (Lipinski definition) is 1. The Labute approximate surface area is 164 Å². The fraction of sp³-hybridized carbons (Fsp3) is 0.235. The van der Waals surface area contributed by atoms with Crippen molar-refractivity contribution < 1.29 is 36.2 Å². The molecule has 28 heavy (non-hydrogen) atoms. The standard InChI is InChI=1S/C17H15ClF3NO5S/c1-2-27-12-4-6-13(7-5-12)28(25,26)22(10-16(23)24)11-3-8-15(18)14(9-11)17(19,20)21/h3-9H,2,10H2,1H3,(H,23,24). The zero-order valence-corrected chi connectivity index (χ0v) is 16.0. The average Bonchev–Trinajstić information content (AvgIpc) is 2.60. The Morgan fingerprint density at radius 2 is 1.79 bits per heavy atom. The summed E-state index contributed by atoms with van der Waals surface area (Å²) in [7, 11) is -4.47. The second-order valence-electron chi connectivity index (χ2n) is 5.47. The van der Waals surface area contributed by atoms with Gasteiger partial charge in [-0.3, -0.25) is 9.10 Å². The number of hydrogen-bond acceptors (Lipinski definition) is 4. The van der Waals surface area contributed by atoms with Crippen molar-refractivity contribution in [3.05, 3.63) is 53.1 Å². The summed E-state index contributed by atoms with van der Waals surface area (Å²) in [6, 6.07) is 7.44. The Balaban J connectivity index is 2.55. The van der Waals surface area contributed by atoms with Gasteiger partial charge in [-0.1, -0.05) is 11.6 Å². The Hall–Kier alpha value is -2.46. The summed E-state index contributed by atoms with van der Waals surface area (Å²) < 4.78 is 70.7. The minimum Gasteiger partial charge on any atom is -0.494 e. The maximum atomic E-state index is 13.1. The number of ether oxygens (including phenoxy) is 1. The molecular weight excluding hydrogens is 423 g/mol. The van der Waals surface area contributed by atoms with Gasteiger partial charge in [0.1, 0.15) is 12.3 Å². The van der Waals surface area contributed by atoms with E-state index >= 15 is 0 Å². The van der Waals surface area contributed by atoms with E-state index in [4.69, 9.17) is 21.4 Å². The highest BCUT2D eigenvalue weighted by atomic mass is 35.5. The first-order valence-corrected chi connectivity index (χ1v) is 9.62. The first-order chi connectivity index (χ1) is 13.0. The van der Waals surface area contributed by atoms with E-state index in [1.807, 2.05) is 0 Å². The first kappa shape index (κ1) is 21.8. The largest absolute Gasteiger partial charge is 0.494 e. The topological polar surface area (TPSA) is 83.9 Å². The van der Waals surface area contributed by atoms with Crippen LogP contribution in [0.1, 0.15) is 12.5 Å². The molecule has 152 valence electrons. The molecule has 0 bridgehead atoms. The monoisotopic (exact) mass is 437 g/mol. The van der Waals surface area contributed by atoms with Crippen molar-refractivity contribution in [2.75, 3.05) is 17.5 Å². The molecule has 2 aromatic carbocycles. The molecule has 1 N–H and O–H groups in total. The molecule has 0 aliphatic heterocycles. The third-order valence-electron chi connectivity index (χ3n) is 3.54. The van der Waals surface area contributed by atoms with E-state index in [2.05, 4.69) is 0 Å². The van der Waals surface area contributed by atoms with Crippen LogP contribution in [-0.4, -0.2) is 32.6 Å². The van der Waals surface area contributed by atoms with Crippen LogP contribution in [0, 0.1) is 0 Å². The number of sulfonamides is 1.